The van der Waals surface area contributed by atoms with Crippen molar-refractivity contribution < 1.29 is 0 Å². The summed E-state index contributed by atoms with van der Waals surface area (Å²) in [7, 11) is 0. The van der Waals surface area contributed by atoms with Gasteiger partial charge in [-0.1, -0.05) is 158 Å². The highest BCUT2D eigenvalue weighted by molar-refractivity contribution is 5.91. The van der Waals surface area contributed by atoms with Crippen molar-refractivity contribution in [1.82, 2.24) is 0 Å². The predicted molar refractivity (Wildman–Crippen MR) is 156 cm³/mol. The fraction of sp³-hybridized carbons (Fsp3) is 0.0526. The molecule has 178 valence electrons. The second-order valence-electron chi connectivity index (χ2n) is 10.4. The normalized spacial score (nSPS) is 17.8. The topological polar surface area (TPSA) is 0 Å². The van der Waals surface area contributed by atoms with Crippen LogP contribution in [-0.2, 0) is 10.8 Å². The number of hydrogen-bond donors (Lipinski definition) is 0. The first-order chi connectivity index (χ1) is 18.9. The first-order valence-corrected chi connectivity index (χ1v) is 13.4. The number of benzene rings is 6. The van der Waals surface area contributed by atoms with E-state index in [2.05, 4.69) is 158 Å². The molecule has 0 aromatic heterocycles. The maximum atomic E-state index is 2.39. The lowest BCUT2D eigenvalue weighted by Crippen LogP contribution is -2.44. The van der Waals surface area contributed by atoms with Crippen molar-refractivity contribution in [1.29, 1.82) is 0 Å². The Hall–Kier alpha value is -4.68. The molecule has 2 aliphatic carbocycles. The van der Waals surface area contributed by atoms with E-state index in [0.29, 0.717) is 0 Å². The van der Waals surface area contributed by atoms with E-state index in [1.54, 1.807) is 0 Å². The summed E-state index contributed by atoms with van der Waals surface area (Å²) in [4.78, 5) is 0. The average molecular weight is 483 g/mol. The quantitative estimate of drug-likeness (QED) is 0.236. The third-order valence-corrected chi connectivity index (χ3v) is 8.82. The van der Waals surface area contributed by atoms with Crippen molar-refractivity contribution >= 4 is 0 Å². The summed E-state index contributed by atoms with van der Waals surface area (Å²) in [5.74, 6) is 0. The van der Waals surface area contributed by atoms with Gasteiger partial charge in [0.05, 0.1) is 10.8 Å². The SMILES string of the molecule is c1ccc(C2(c3ccccc3)c3ccccc3C3(c4ccccc4)c4ccccc4-c4cccc2c43)cc1. The molecule has 0 aliphatic heterocycles. The van der Waals surface area contributed by atoms with Crippen molar-refractivity contribution in [2.45, 2.75) is 10.8 Å². The molecule has 6 aromatic rings. The third kappa shape index (κ3) is 2.50. The maximum absolute atomic E-state index is 2.39. The Morgan fingerprint density at radius 1 is 0.263 bits per heavy atom. The summed E-state index contributed by atoms with van der Waals surface area (Å²) in [6, 6.07) is 58.5. The molecular weight excluding hydrogens is 456 g/mol. The number of fused-ring (bicyclic) bond motifs is 5. The number of hydrogen-bond acceptors (Lipinski definition) is 0. The first kappa shape index (κ1) is 21.4. The molecule has 8 rings (SSSR count). The molecule has 0 amide bonds. The number of rotatable bonds is 3. The van der Waals surface area contributed by atoms with Crippen molar-refractivity contribution in [2.75, 3.05) is 0 Å². The van der Waals surface area contributed by atoms with Crippen LogP contribution in [0.4, 0.5) is 0 Å². The van der Waals surface area contributed by atoms with Crippen LogP contribution in [0.3, 0.4) is 0 Å². The molecule has 0 saturated carbocycles. The van der Waals surface area contributed by atoms with Crippen LogP contribution in [0.2, 0.25) is 0 Å². The van der Waals surface area contributed by atoms with Crippen LogP contribution < -0.4 is 0 Å². The van der Waals surface area contributed by atoms with E-state index in [1.165, 1.54) is 55.6 Å². The monoisotopic (exact) mass is 482 g/mol. The molecule has 1 unspecified atom stereocenters. The molecule has 2 aliphatic rings. The summed E-state index contributed by atoms with van der Waals surface area (Å²) < 4.78 is 0. The van der Waals surface area contributed by atoms with E-state index >= 15 is 0 Å². The molecule has 0 heterocycles. The van der Waals surface area contributed by atoms with Gasteiger partial charge in [0.15, 0.2) is 0 Å². The highest BCUT2D eigenvalue weighted by Crippen LogP contribution is 2.65. The summed E-state index contributed by atoms with van der Waals surface area (Å²) in [5.41, 5.74) is 12.6. The van der Waals surface area contributed by atoms with Crippen LogP contribution >= 0.6 is 0 Å². The van der Waals surface area contributed by atoms with Crippen LogP contribution in [0.1, 0.15) is 44.5 Å². The van der Waals surface area contributed by atoms with Gasteiger partial charge in [0.25, 0.3) is 0 Å². The molecule has 0 N–H and O–H groups in total. The Bertz CT molecular complexity index is 1740. The van der Waals surface area contributed by atoms with Crippen LogP contribution in [-0.4, -0.2) is 0 Å². The van der Waals surface area contributed by atoms with E-state index in [4.69, 9.17) is 0 Å². The smallest absolute Gasteiger partial charge is 0.0622 e. The van der Waals surface area contributed by atoms with Crippen LogP contribution in [0.15, 0.2) is 158 Å². The minimum absolute atomic E-state index is 0.382. The Morgan fingerprint density at radius 3 is 1.24 bits per heavy atom. The largest absolute Gasteiger partial charge is 0.0720 e. The van der Waals surface area contributed by atoms with Crippen molar-refractivity contribution in [3.05, 3.63) is 202 Å². The van der Waals surface area contributed by atoms with E-state index in [9.17, 15) is 0 Å². The van der Waals surface area contributed by atoms with Crippen LogP contribution in [0, 0.1) is 0 Å². The van der Waals surface area contributed by atoms with Gasteiger partial charge in [-0.3, -0.25) is 0 Å². The maximum Gasteiger partial charge on any atom is 0.0720 e. The first-order valence-electron chi connectivity index (χ1n) is 13.4. The lowest BCUT2D eigenvalue weighted by Gasteiger charge is -2.49. The van der Waals surface area contributed by atoms with E-state index in [1.807, 2.05) is 0 Å². The summed E-state index contributed by atoms with van der Waals surface area (Å²) in [6.07, 6.45) is 0. The zero-order valence-corrected chi connectivity index (χ0v) is 21.0. The molecule has 0 radical (unpaired) electrons. The molecule has 0 fully saturated rings. The summed E-state index contributed by atoms with van der Waals surface area (Å²) in [5, 5.41) is 0. The van der Waals surface area contributed by atoms with E-state index in [0.717, 1.165) is 0 Å². The van der Waals surface area contributed by atoms with E-state index < -0.39 is 5.41 Å². The molecule has 0 bridgehead atoms. The Balaban J connectivity index is 1.65. The molecule has 0 spiro atoms. The van der Waals surface area contributed by atoms with Gasteiger partial charge in [0.1, 0.15) is 0 Å². The average Bonchev–Trinajstić information content (AvgIpc) is 3.32. The van der Waals surface area contributed by atoms with Crippen molar-refractivity contribution in [3.8, 4) is 11.1 Å². The highest BCUT2D eigenvalue weighted by Gasteiger charge is 2.57. The molecule has 6 aromatic carbocycles. The van der Waals surface area contributed by atoms with Crippen molar-refractivity contribution in [2.24, 2.45) is 0 Å². The van der Waals surface area contributed by atoms with Gasteiger partial charge in [-0.2, -0.15) is 0 Å². The zero-order valence-electron chi connectivity index (χ0n) is 21.0. The Morgan fingerprint density at radius 2 is 0.658 bits per heavy atom. The van der Waals surface area contributed by atoms with Crippen molar-refractivity contribution in [3.63, 3.8) is 0 Å². The second-order valence-corrected chi connectivity index (χ2v) is 10.4. The lowest BCUT2D eigenvalue weighted by atomic mass is 9.52. The van der Waals surface area contributed by atoms with Gasteiger partial charge in [-0.25, -0.2) is 0 Å². The third-order valence-electron chi connectivity index (χ3n) is 8.82. The lowest BCUT2D eigenvalue weighted by molar-refractivity contribution is 0.626. The highest BCUT2D eigenvalue weighted by atomic mass is 14.6. The van der Waals surface area contributed by atoms with E-state index in [-0.39, 0.29) is 5.41 Å². The fourth-order valence-electron chi connectivity index (χ4n) is 7.54. The minimum atomic E-state index is -0.440. The molecule has 0 nitrogen and oxygen atoms in total. The zero-order chi connectivity index (χ0) is 25.2. The Kier molecular flexibility index (Phi) is 4.46. The summed E-state index contributed by atoms with van der Waals surface area (Å²) >= 11 is 0. The molecule has 38 heavy (non-hydrogen) atoms. The van der Waals surface area contributed by atoms with Crippen LogP contribution in [0.25, 0.3) is 11.1 Å². The molecule has 1 atom stereocenters. The standard InChI is InChI=1S/C38H26/c1-4-15-27(16-5-1)37(28-17-6-2-7-18-28)33-24-12-13-25-34(33)38(29-19-8-3-9-20-29)32-23-11-10-21-30(32)31-22-14-26-35(37)36(31)38/h1-26H. The van der Waals surface area contributed by atoms with Gasteiger partial charge >= 0.3 is 0 Å². The second kappa shape index (κ2) is 7.91. The van der Waals surface area contributed by atoms with Gasteiger partial charge in [-0.05, 0) is 55.6 Å². The Labute approximate surface area is 223 Å². The molecule has 0 saturated heterocycles. The van der Waals surface area contributed by atoms with Gasteiger partial charge in [-0.15, -0.1) is 0 Å². The fourth-order valence-corrected chi connectivity index (χ4v) is 7.54. The summed E-state index contributed by atoms with van der Waals surface area (Å²) in [6.45, 7) is 0. The minimum Gasteiger partial charge on any atom is -0.0622 e. The van der Waals surface area contributed by atoms with Gasteiger partial charge in [0.2, 0.25) is 0 Å². The van der Waals surface area contributed by atoms with Gasteiger partial charge < -0.3 is 0 Å². The molecule has 0 heteroatoms. The van der Waals surface area contributed by atoms with Gasteiger partial charge in [0, 0.05) is 0 Å². The molecular formula is C38H26. The predicted octanol–water partition coefficient (Wildman–Crippen LogP) is 8.75. The van der Waals surface area contributed by atoms with Crippen LogP contribution in [0.5, 0.6) is 0 Å².